The van der Waals surface area contributed by atoms with Gasteiger partial charge in [0.15, 0.2) is 0 Å². The molecule has 2 rings (SSSR count). The van der Waals surface area contributed by atoms with Crippen LogP contribution in [0.15, 0.2) is 6.20 Å². The molecule has 6 heteroatoms. The van der Waals surface area contributed by atoms with Crippen LogP contribution in [0.25, 0.3) is 0 Å². The molecule has 1 aliphatic rings. The van der Waals surface area contributed by atoms with Crippen molar-refractivity contribution in [2.45, 2.75) is 130 Å². The van der Waals surface area contributed by atoms with Crippen LogP contribution in [-0.4, -0.2) is 48.5 Å². The third kappa shape index (κ3) is 11.6. The van der Waals surface area contributed by atoms with Crippen LogP contribution in [0.1, 0.15) is 121 Å². The number of hydrogen-bond donors (Lipinski definition) is 0. The van der Waals surface area contributed by atoms with Crippen molar-refractivity contribution in [1.82, 2.24) is 4.98 Å². The first kappa shape index (κ1) is 30.6. The highest BCUT2D eigenvalue weighted by atomic mass is 16.7. The number of pyridine rings is 1. The molecule has 0 saturated carbocycles. The number of rotatable bonds is 18. The van der Waals surface area contributed by atoms with Crippen LogP contribution in [0.2, 0.25) is 0 Å². The van der Waals surface area contributed by atoms with Crippen molar-refractivity contribution in [1.29, 1.82) is 0 Å². The van der Waals surface area contributed by atoms with E-state index >= 15 is 0 Å². The maximum Gasteiger partial charge on any atom is 0.305 e. The molecule has 0 saturated heterocycles. The molecular weight excluding hydrogens is 452 g/mol. The van der Waals surface area contributed by atoms with Gasteiger partial charge in [0.1, 0.15) is 12.3 Å². The Balaban J connectivity index is 1.58. The largest absolute Gasteiger partial charge is 0.465 e. The summed E-state index contributed by atoms with van der Waals surface area (Å²) in [4.78, 5) is 16.7. The fourth-order valence-electron chi connectivity index (χ4n) is 4.85. The number of nitrogens with zero attached hydrogens (tertiary/aromatic N) is 2. The normalized spacial score (nSPS) is 14.8. The summed E-state index contributed by atoms with van der Waals surface area (Å²) in [7, 11) is 4.40. The first-order chi connectivity index (χ1) is 17.1. The molecule has 1 aromatic rings. The van der Waals surface area contributed by atoms with Gasteiger partial charge in [-0.2, -0.15) is 0 Å². The first-order valence-electron chi connectivity index (χ1n) is 14.4. The highest BCUT2D eigenvalue weighted by Crippen LogP contribution is 2.35. The average Bonchev–Trinajstić information content (AvgIpc) is 2.81. The average molecular weight is 506 g/mol. The van der Waals surface area contributed by atoms with Gasteiger partial charge in [-0.25, -0.2) is 0 Å². The van der Waals surface area contributed by atoms with Crippen LogP contribution in [0.5, 0.6) is 5.75 Å². The van der Waals surface area contributed by atoms with Gasteiger partial charge in [-0.1, -0.05) is 71.1 Å². The Hall–Kier alpha value is -1.66. The zero-order valence-electron chi connectivity index (χ0n) is 24.1. The van der Waals surface area contributed by atoms with Crippen molar-refractivity contribution in [2.24, 2.45) is 0 Å². The number of unbranched alkanes of at least 4 members (excludes halogenated alkanes) is 10. The Morgan fingerprint density at radius 1 is 1.00 bits per heavy atom. The molecule has 0 N–H and O–H groups in total. The molecule has 2 heterocycles. The number of esters is 1. The number of aryl methyl sites for hydroxylation is 1. The van der Waals surface area contributed by atoms with Gasteiger partial charge in [0.05, 0.1) is 39.5 Å². The number of quaternary nitrogens is 1. The number of fused-ring (bicyclic) bond motifs is 1. The van der Waals surface area contributed by atoms with Gasteiger partial charge in [-0.15, -0.1) is 0 Å². The topological polar surface area (TPSA) is 57.7 Å². The Morgan fingerprint density at radius 3 is 2.25 bits per heavy atom. The molecule has 1 aromatic heterocycles. The van der Waals surface area contributed by atoms with Gasteiger partial charge >= 0.3 is 5.97 Å². The fourth-order valence-corrected chi connectivity index (χ4v) is 4.85. The SMILES string of the molecule is CCCCCCCCCCCCCC(=O)OCCC[N+](C)(C)Cc1cnc(C)c2c1COC(C)(C)O2. The van der Waals surface area contributed by atoms with E-state index in [4.69, 9.17) is 14.2 Å². The number of carbonyl (C=O) groups excluding carboxylic acids is 1. The molecule has 1 aliphatic heterocycles. The fraction of sp³-hybridized carbons (Fsp3) is 0.800. The van der Waals surface area contributed by atoms with E-state index < -0.39 is 5.79 Å². The minimum atomic E-state index is -0.625. The third-order valence-electron chi connectivity index (χ3n) is 7.07. The van der Waals surface area contributed by atoms with Gasteiger partial charge in [0.2, 0.25) is 5.79 Å². The molecule has 6 nitrogen and oxygen atoms in total. The molecular formula is C30H53N2O4+. The summed E-state index contributed by atoms with van der Waals surface area (Å²) in [5.74, 6) is 0.185. The molecule has 0 radical (unpaired) electrons. The van der Waals surface area contributed by atoms with Crippen LogP contribution < -0.4 is 4.74 Å². The van der Waals surface area contributed by atoms with Crippen LogP contribution in [0, 0.1) is 6.92 Å². The maximum atomic E-state index is 12.1. The minimum absolute atomic E-state index is 0.0510. The molecule has 0 bridgehead atoms. The number of hydrogen-bond acceptors (Lipinski definition) is 5. The van der Waals surface area contributed by atoms with E-state index in [1.54, 1.807) is 0 Å². The van der Waals surface area contributed by atoms with E-state index in [0.29, 0.717) is 19.6 Å². The number of carbonyl (C=O) groups is 1. The molecule has 0 aromatic carbocycles. The summed E-state index contributed by atoms with van der Waals surface area (Å²) in [5.41, 5.74) is 3.16. The smallest absolute Gasteiger partial charge is 0.305 e. The lowest BCUT2D eigenvalue weighted by Gasteiger charge is -2.36. The highest BCUT2D eigenvalue weighted by molar-refractivity contribution is 5.69. The highest BCUT2D eigenvalue weighted by Gasteiger charge is 2.32. The molecule has 0 fully saturated rings. The maximum absolute atomic E-state index is 12.1. The van der Waals surface area contributed by atoms with Gasteiger partial charge in [-0.05, 0) is 13.3 Å². The van der Waals surface area contributed by atoms with Gasteiger partial charge < -0.3 is 18.7 Å². The predicted molar refractivity (Wildman–Crippen MR) is 146 cm³/mol. The van der Waals surface area contributed by atoms with E-state index in [1.165, 1.54) is 57.8 Å². The lowest BCUT2D eigenvalue weighted by atomic mass is 10.1. The molecule has 0 aliphatic carbocycles. The van der Waals surface area contributed by atoms with Crippen molar-refractivity contribution in [3.8, 4) is 5.75 Å². The monoisotopic (exact) mass is 505 g/mol. The summed E-state index contributed by atoms with van der Waals surface area (Å²) in [6, 6.07) is 0. The van der Waals surface area contributed by atoms with E-state index in [2.05, 4.69) is 26.0 Å². The molecule has 0 amide bonds. The number of aromatic nitrogens is 1. The van der Waals surface area contributed by atoms with Crippen molar-refractivity contribution in [3.05, 3.63) is 23.0 Å². The van der Waals surface area contributed by atoms with Crippen molar-refractivity contribution in [3.63, 3.8) is 0 Å². The van der Waals surface area contributed by atoms with Gasteiger partial charge in [-0.3, -0.25) is 9.78 Å². The molecule has 0 unspecified atom stereocenters. The van der Waals surface area contributed by atoms with E-state index in [0.717, 1.165) is 59.4 Å². The Labute approximate surface area is 220 Å². The lowest BCUT2D eigenvalue weighted by Crippen LogP contribution is -2.41. The van der Waals surface area contributed by atoms with E-state index in [-0.39, 0.29) is 5.97 Å². The second-order valence-corrected chi connectivity index (χ2v) is 11.6. The Kier molecular flexibility index (Phi) is 13.2. The summed E-state index contributed by atoms with van der Waals surface area (Å²) >= 11 is 0. The van der Waals surface area contributed by atoms with Crippen molar-refractivity contribution >= 4 is 5.97 Å². The zero-order valence-corrected chi connectivity index (χ0v) is 24.1. The van der Waals surface area contributed by atoms with Crippen LogP contribution >= 0.6 is 0 Å². The standard InChI is InChI=1S/C30H53N2O4/c1-7-8-9-10-11-12-13-14-15-16-17-19-28(33)34-21-18-20-32(5,6)23-26-22-31-25(2)29-27(26)24-35-30(3,4)36-29/h22H,7-21,23-24H2,1-6H3/q+1. The zero-order chi connectivity index (χ0) is 26.4. The number of ether oxygens (including phenoxy) is 3. The third-order valence-corrected chi connectivity index (χ3v) is 7.07. The first-order valence-corrected chi connectivity index (χ1v) is 14.4. The molecule has 0 atom stereocenters. The summed E-state index contributed by atoms with van der Waals surface area (Å²) in [6.45, 7) is 10.9. The van der Waals surface area contributed by atoms with Crippen molar-refractivity contribution < 1.29 is 23.5 Å². The van der Waals surface area contributed by atoms with Gasteiger partial charge in [0, 0.05) is 44.0 Å². The van der Waals surface area contributed by atoms with Crippen molar-refractivity contribution in [2.75, 3.05) is 27.2 Å². The quantitative estimate of drug-likeness (QED) is 0.119. The Bertz CT molecular complexity index is 791. The summed E-state index contributed by atoms with van der Waals surface area (Å²) in [5, 5.41) is 0. The molecule has 206 valence electrons. The van der Waals surface area contributed by atoms with Crippen LogP contribution in [0.4, 0.5) is 0 Å². The second kappa shape index (κ2) is 15.6. The summed E-state index contributed by atoms with van der Waals surface area (Å²) < 4.78 is 18.3. The lowest BCUT2D eigenvalue weighted by molar-refractivity contribution is -0.903. The molecule has 36 heavy (non-hydrogen) atoms. The minimum Gasteiger partial charge on any atom is -0.465 e. The van der Waals surface area contributed by atoms with Gasteiger partial charge in [0.25, 0.3) is 0 Å². The van der Waals surface area contributed by atoms with Crippen LogP contribution in [0.3, 0.4) is 0 Å². The summed E-state index contributed by atoms with van der Waals surface area (Å²) in [6.07, 6.45) is 17.5. The van der Waals surface area contributed by atoms with Crippen LogP contribution in [-0.2, 0) is 27.4 Å². The molecule has 0 spiro atoms. The Morgan fingerprint density at radius 2 is 1.61 bits per heavy atom. The van der Waals surface area contributed by atoms with E-state index in [1.807, 2.05) is 27.0 Å². The second-order valence-electron chi connectivity index (χ2n) is 11.6. The van der Waals surface area contributed by atoms with E-state index in [9.17, 15) is 4.79 Å². The predicted octanol–water partition coefficient (Wildman–Crippen LogP) is 7.25.